The maximum absolute atomic E-state index is 12.3. The van der Waals surface area contributed by atoms with E-state index in [4.69, 9.17) is 4.74 Å². The Morgan fingerprint density at radius 1 is 1.14 bits per heavy atom. The Morgan fingerprint density at radius 2 is 1.90 bits per heavy atom. The molecule has 0 bridgehead atoms. The minimum Gasteiger partial charge on any atom is -0.487 e. The molecular weight excluding hydrogens is 407 g/mol. The fourth-order valence-electron chi connectivity index (χ4n) is 2.23. The fourth-order valence-corrected chi connectivity index (χ4v) is 2.83. The van der Waals surface area contributed by atoms with Crippen LogP contribution in [0, 0.1) is 6.92 Å². The summed E-state index contributed by atoms with van der Waals surface area (Å²) in [4.78, 5) is 20.3. The van der Waals surface area contributed by atoms with Crippen molar-refractivity contribution in [2.45, 2.75) is 19.7 Å². The number of hydrogen-bond donors (Lipinski definition) is 1. The molecule has 10 heteroatoms. The van der Waals surface area contributed by atoms with Crippen LogP contribution >= 0.6 is 11.3 Å². The highest BCUT2D eigenvalue weighted by molar-refractivity contribution is 7.09. The number of halogens is 3. The van der Waals surface area contributed by atoms with Crippen LogP contribution < -0.4 is 14.8 Å². The van der Waals surface area contributed by atoms with Crippen molar-refractivity contribution >= 4 is 22.9 Å². The third kappa shape index (κ3) is 6.46. The first-order valence-electron chi connectivity index (χ1n) is 8.39. The molecule has 1 amide bonds. The Morgan fingerprint density at radius 3 is 2.48 bits per heavy atom. The lowest BCUT2D eigenvalue weighted by molar-refractivity contribution is -0.154. The summed E-state index contributed by atoms with van der Waals surface area (Å²) in [6.45, 7) is 0.826. The van der Waals surface area contributed by atoms with Gasteiger partial charge in [-0.25, -0.2) is 9.97 Å². The number of alkyl halides is 3. The molecule has 0 aliphatic carbocycles. The van der Waals surface area contributed by atoms with E-state index in [0.29, 0.717) is 23.6 Å². The van der Waals surface area contributed by atoms with Crippen LogP contribution in [-0.2, 0) is 6.61 Å². The van der Waals surface area contributed by atoms with Gasteiger partial charge in [0, 0.05) is 17.0 Å². The molecule has 0 unspecified atom stereocenters. The smallest absolute Gasteiger partial charge is 0.422 e. The number of amides is 1. The number of rotatable bonds is 7. The van der Waals surface area contributed by atoms with Crippen LogP contribution in [0.25, 0.3) is 0 Å². The van der Waals surface area contributed by atoms with E-state index >= 15 is 0 Å². The molecule has 0 saturated heterocycles. The van der Waals surface area contributed by atoms with Gasteiger partial charge in [0.15, 0.2) is 6.61 Å². The summed E-state index contributed by atoms with van der Waals surface area (Å²) >= 11 is 1.54. The van der Waals surface area contributed by atoms with Gasteiger partial charge in [-0.3, -0.25) is 4.79 Å². The maximum atomic E-state index is 12.3. The van der Waals surface area contributed by atoms with Gasteiger partial charge in [-0.15, -0.1) is 11.3 Å². The monoisotopic (exact) mass is 423 g/mol. The molecule has 2 heterocycles. The number of aryl methyl sites for hydroxylation is 1. The van der Waals surface area contributed by atoms with E-state index in [1.54, 1.807) is 35.6 Å². The van der Waals surface area contributed by atoms with Crippen molar-refractivity contribution in [1.82, 2.24) is 9.97 Å². The second-order valence-corrected chi connectivity index (χ2v) is 6.98. The van der Waals surface area contributed by atoms with Crippen LogP contribution in [-0.4, -0.2) is 28.7 Å². The summed E-state index contributed by atoms with van der Waals surface area (Å²) in [7, 11) is 0. The number of anilines is 1. The molecule has 2 aromatic heterocycles. The third-order valence-corrected chi connectivity index (χ3v) is 4.37. The Kier molecular flexibility index (Phi) is 6.32. The first kappa shape index (κ1) is 20.6. The van der Waals surface area contributed by atoms with Gasteiger partial charge in [0.25, 0.3) is 5.91 Å². The van der Waals surface area contributed by atoms with Crippen LogP contribution in [0.4, 0.5) is 18.9 Å². The summed E-state index contributed by atoms with van der Waals surface area (Å²) in [6.07, 6.45) is -3.22. The zero-order valence-electron chi connectivity index (χ0n) is 15.2. The van der Waals surface area contributed by atoms with Crippen molar-refractivity contribution in [2.75, 3.05) is 11.9 Å². The summed E-state index contributed by atoms with van der Waals surface area (Å²) in [5, 5.41) is 5.49. The van der Waals surface area contributed by atoms with Gasteiger partial charge in [0.05, 0.1) is 22.6 Å². The third-order valence-electron chi connectivity index (χ3n) is 3.55. The van der Waals surface area contributed by atoms with Crippen LogP contribution in [0.5, 0.6) is 11.6 Å². The molecule has 152 valence electrons. The van der Waals surface area contributed by atoms with Gasteiger partial charge in [-0.1, -0.05) is 0 Å². The predicted molar refractivity (Wildman–Crippen MR) is 101 cm³/mol. The summed E-state index contributed by atoms with van der Waals surface area (Å²) in [5.41, 5.74) is 1.55. The SMILES string of the molecule is Cc1nc(COc2ccc(C(=O)Nc3ccc(OCC(F)(F)F)nc3)cc2)cs1. The molecule has 0 spiro atoms. The molecule has 0 atom stereocenters. The second-order valence-electron chi connectivity index (χ2n) is 5.91. The summed E-state index contributed by atoms with van der Waals surface area (Å²) in [5.74, 6) is 0.0228. The molecule has 3 aromatic rings. The van der Waals surface area contributed by atoms with Crippen molar-refractivity contribution in [3.63, 3.8) is 0 Å². The highest BCUT2D eigenvalue weighted by Crippen LogP contribution is 2.19. The zero-order chi connectivity index (χ0) is 20.9. The number of nitrogens with one attached hydrogen (secondary N) is 1. The van der Waals surface area contributed by atoms with E-state index < -0.39 is 18.7 Å². The van der Waals surface area contributed by atoms with Crippen molar-refractivity contribution < 1.29 is 27.4 Å². The van der Waals surface area contributed by atoms with Crippen molar-refractivity contribution in [2.24, 2.45) is 0 Å². The highest BCUT2D eigenvalue weighted by atomic mass is 32.1. The topological polar surface area (TPSA) is 73.3 Å². The normalized spacial score (nSPS) is 11.2. The minimum absolute atomic E-state index is 0.183. The van der Waals surface area contributed by atoms with Gasteiger partial charge in [0.1, 0.15) is 12.4 Å². The average Bonchev–Trinajstić information content (AvgIpc) is 3.11. The number of hydrogen-bond acceptors (Lipinski definition) is 6. The average molecular weight is 423 g/mol. The van der Waals surface area contributed by atoms with Crippen LogP contribution in [0.3, 0.4) is 0 Å². The fraction of sp³-hybridized carbons (Fsp3) is 0.211. The molecule has 6 nitrogen and oxygen atoms in total. The van der Waals surface area contributed by atoms with Crippen molar-refractivity contribution in [3.05, 3.63) is 64.2 Å². The predicted octanol–water partition coefficient (Wildman–Crippen LogP) is 4.62. The second kappa shape index (κ2) is 8.91. The number of pyridine rings is 1. The zero-order valence-corrected chi connectivity index (χ0v) is 16.0. The van der Waals surface area contributed by atoms with E-state index in [1.807, 2.05) is 12.3 Å². The van der Waals surface area contributed by atoms with Crippen LogP contribution in [0.15, 0.2) is 48.0 Å². The molecule has 0 aliphatic heterocycles. The van der Waals surface area contributed by atoms with Crippen molar-refractivity contribution in [3.8, 4) is 11.6 Å². The van der Waals surface area contributed by atoms with E-state index in [0.717, 1.165) is 10.7 Å². The lowest BCUT2D eigenvalue weighted by Gasteiger charge is -2.09. The number of carbonyl (C=O) groups is 1. The van der Waals surface area contributed by atoms with Gasteiger partial charge in [-0.2, -0.15) is 13.2 Å². The molecule has 1 N–H and O–H groups in total. The number of aromatic nitrogens is 2. The van der Waals surface area contributed by atoms with Gasteiger partial charge in [-0.05, 0) is 37.3 Å². The van der Waals surface area contributed by atoms with E-state index in [2.05, 4.69) is 20.0 Å². The van der Waals surface area contributed by atoms with E-state index in [1.165, 1.54) is 18.3 Å². The van der Waals surface area contributed by atoms with Gasteiger partial charge >= 0.3 is 6.18 Å². The minimum atomic E-state index is -4.44. The van der Waals surface area contributed by atoms with Gasteiger partial charge in [0.2, 0.25) is 5.88 Å². The largest absolute Gasteiger partial charge is 0.487 e. The number of carbonyl (C=O) groups excluding carboxylic acids is 1. The standard InChI is InChI=1S/C19H16F3N3O3S/c1-12-24-15(10-29-12)9-27-16-5-2-13(3-6-16)18(26)25-14-4-7-17(23-8-14)28-11-19(20,21)22/h2-8,10H,9,11H2,1H3,(H,25,26). The van der Waals surface area contributed by atoms with Crippen LogP contribution in [0.2, 0.25) is 0 Å². The molecule has 0 aliphatic rings. The lowest BCUT2D eigenvalue weighted by Crippen LogP contribution is -2.19. The van der Waals surface area contributed by atoms with Crippen LogP contribution in [0.1, 0.15) is 21.1 Å². The molecular formula is C19H16F3N3O3S. The molecule has 0 radical (unpaired) electrons. The summed E-state index contributed by atoms with van der Waals surface area (Å²) in [6, 6.07) is 9.19. The molecule has 29 heavy (non-hydrogen) atoms. The summed E-state index contributed by atoms with van der Waals surface area (Å²) < 4.78 is 46.5. The number of benzene rings is 1. The highest BCUT2D eigenvalue weighted by Gasteiger charge is 2.28. The van der Waals surface area contributed by atoms with Crippen molar-refractivity contribution in [1.29, 1.82) is 0 Å². The van der Waals surface area contributed by atoms with E-state index in [-0.39, 0.29) is 5.88 Å². The van der Waals surface area contributed by atoms with E-state index in [9.17, 15) is 18.0 Å². The first-order valence-corrected chi connectivity index (χ1v) is 9.27. The maximum Gasteiger partial charge on any atom is 0.422 e. The number of ether oxygens (including phenoxy) is 2. The Labute approximate surface area is 168 Å². The first-order chi connectivity index (χ1) is 13.8. The van der Waals surface area contributed by atoms with Gasteiger partial charge < -0.3 is 14.8 Å². The Hall–Kier alpha value is -3.14. The molecule has 3 rings (SSSR count). The number of thiazole rings is 1. The quantitative estimate of drug-likeness (QED) is 0.600. The lowest BCUT2D eigenvalue weighted by atomic mass is 10.2. The Bertz CT molecular complexity index is 957. The molecule has 1 aromatic carbocycles. The molecule has 0 saturated carbocycles. The number of nitrogens with zero attached hydrogens (tertiary/aromatic N) is 2. The Balaban J connectivity index is 1.52. The molecule has 0 fully saturated rings.